The van der Waals surface area contributed by atoms with Gasteiger partial charge < -0.3 is 4.57 Å². The average molecular weight is 314 g/mol. The molecule has 2 rings (SSSR count). The fourth-order valence-electron chi connectivity index (χ4n) is 3.18. The summed E-state index contributed by atoms with van der Waals surface area (Å²) in [7, 11) is 0. The Morgan fingerprint density at radius 3 is 2.87 bits per heavy atom. The molecule has 0 radical (unpaired) electrons. The third-order valence-electron chi connectivity index (χ3n) is 4.60. The summed E-state index contributed by atoms with van der Waals surface area (Å²) in [6.45, 7) is 9.92. The normalized spacial score (nSPS) is 20.8. The van der Waals surface area contributed by atoms with Crippen LogP contribution in [0.4, 0.5) is 0 Å². The van der Waals surface area contributed by atoms with Gasteiger partial charge in [0.15, 0.2) is 0 Å². The number of aryl methyl sites for hydroxylation is 1. The minimum atomic E-state index is -0.0348. The molecule has 0 aliphatic carbocycles. The van der Waals surface area contributed by atoms with Crippen molar-refractivity contribution in [1.29, 1.82) is 10.5 Å². The van der Waals surface area contributed by atoms with Crippen LogP contribution in [0.1, 0.15) is 32.5 Å². The smallest absolute Gasteiger partial charge is 0.122 e. The first-order valence-corrected chi connectivity index (χ1v) is 8.40. The van der Waals surface area contributed by atoms with Gasteiger partial charge in [-0.2, -0.15) is 10.5 Å². The monoisotopic (exact) mass is 314 g/mol. The van der Waals surface area contributed by atoms with Crippen molar-refractivity contribution < 1.29 is 0 Å². The van der Waals surface area contributed by atoms with Crippen LogP contribution >= 0.6 is 0 Å². The van der Waals surface area contributed by atoms with Gasteiger partial charge in [0.1, 0.15) is 5.82 Å². The van der Waals surface area contributed by atoms with E-state index in [4.69, 9.17) is 5.26 Å². The van der Waals surface area contributed by atoms with Gasteiger partial charge in [-0.05, 0) is 20.3 Å². The molecule has 1 saturated heterocycles. The third-order valence-corrected chi connectivity index (χ3v) is 4.60. The number of piperazine rings is 1. The minimum Gasteiger partial charge on any atom is -0.334 e. The van der Waals surface area contributed by atoms with Gasteiger partial charge in [0, 0.05) is 57.6 Å². The number of imidazole rings is 1. The Morgan fingerprint density at radius 1 is 1.39 bits per heavy atom. The third kappa shape index (κ3) is 4.79. The highest BCUT2D eigenvalue weighted by molar-refractivity contribution is 4.95. The Bertz CT molecular complexity index is 566. The first kappa shape index (κ1) is 17.5. The van der Waals surface area contributed by atoms with E-state index in [2.05, 4.69) is 45.3 Å². The summed E-state index contributed by atoms with van der Waals surface area (Å²) in [5.41, 5.74) is 0. The molecule has 0 bridgehead atoms. The van der Waals surface area contributed by atoms with Crippen molar-refractivity contribution in [2.45, 2.75) is 45.8 Å². The Kier molecular flexibility index (Phi) is 6.58. The first-order chi connectivity index (χ1) is 11.2. The van der Waals surface area contributed by atoms with Crippen LogP contribution in [0, 0.1) is 28.6 Å². The SMILES string of the molecule is CCn1ccnc1CN1CCN(C[C@H](C#N)CCC#N)C[C@@H]1C. The number of hydrogen-bond acceptors (Lipinski definition) is 5. The van der Waals surface area contributed by atoms with Crippen molar-refractivity contribution in [2.24, 2.45) is 5.92 Å². The average Bonchev–Trinajstić information content (AvgIpc) is 3.01. The topological polar surface area (TPSA) is 71.9 Å². The number of aromatic nitrogens is 2. The van der Waals surface area contributed by atoms with E-state index in [0.717, 1.165) is 45.1 Å². The van der Waals surface area contributed by atoms with Gasteiger partial charge in [-0.25, -0.2) is 4.98 Å². The predicted molar refractivity (Wildman–Crippen MR) is 88.2 cm³/mol. The zero-order valence-corrected chi connectivity index (χ0v) is 14.1. The molecule has 0 saturated carbocycles. The van der Waals surface area contributed by atoms with E-state index in [-0.39, 0.29) is 5.92 Å². The van der Waals surface area contributed by atoms with Gasteiger partial charge in [-0.1, -0.05) is 0 Å². The van der Waals surface area contributed by atoms with Crippen LogP contribution in [0.25, 0.3) is 0 Å². The molecule has 0 aromatic carbocycles. The molecule has 0 unspecified atom stereocenters. The summed E-state index contributed by atoms with van der Waals surface area (Å²) < 4.78 is 2.19. The lowest BCUT2D eigenvalue weighted by Gasteiger charge is -2.40. The quantitative estimate of drug-likeness (QED) is 0.768. The molecule has 23 heavy (non-hydrogen) atoms. The van der Waals surface area contributed by atoms with Gasteiger partial charge in [-0.15, -0.1) is 0 Å². The molecule has 1 aromatic heterocycles. The highest BCUT2D eigenvalue weighted by atomic mass is 15.3. The maximum Gasteiger partial charge on any atom is 0.122 e. The molecule has 2 atom stereocenters. The summed E-state index contributed by atoms with van der Waals surface area (Å²) in [5.74, 6) is 1.09. The zero-order valence-electron chi connectivity index (χ0n) is 14.1. The van der Waals surface area contributed by atoms with E-state index in [0.29, 0.717) is 18.9 Å². The second kappa shape index (κ2) is 8.67. The van der Waals surface area contributed by atoms with Crippen molar-refractivity contribution in [3.63, 3.8) is 0 Å². The van der Waals surface area contributed by atoms with Gasteiger partial charge in [0.2, 0.25) is 0 Å². The highest BCUT2D eigenvalue weighted by Gasteiger charge is 2.26. The van der Waals surface area contributed by atoms with E-state index < -0.39 is 0 Å². The molecule has 2 heterocycles. The van der Waals surface area contributed by atoms with Crippen molar-refractivity contribution in [2.75, 3.05) is 26.2 Å². The van der Waals surface area contributed by atoms with Crippen LogP contribution in [0.5, 0.6) is 0 Å². The van der Waals surface area contributed by atoms with Crippen LogP contribution in [0.15, 0.2) is 12.4 Å². The number of nitriles is 2. The van der Waals surface area contributed by atoms with Crippen molar-refractivity contribution in [3.8, 4) is 12.1 Å². The maximum absolute atomic E-state index is 9.22. The standard InChI is InChI=1S/C17H26N6/c1-3-22-8-7-20-17(22)14-23-10-9-21(12-15(23)2)13-16(11-19)5-4-6-18/h7-8,15-16H,3-5,9-10,12-14H2,1-2H3/t15-,16-/m0/s1. The van der Waals surface area contributed by atoms with Gasteiger partial charge >= 0.3 is 0 Å². The molecule has 1 aliphatic rings. The van der Waals surface area contributed by atoms with E-state index in [1.807, 2.05) is 12.4 Å². The van der Waals surface area contributed by atoms with E-state index in [1.54, 1.807) is 0 Å². The number of nitrogens with zero attached hydrogens (tertiary/aromatic N) is 6. The second-order valence-corrected chi connectivity index (χ2v) is 6.23. The number of rotatable bonds is 7. The van der Waals surface area contributed by atoms with Gasteiger partial charge in [0.25, 0.3) is 0 Å². The maximum atomic E-state index is 9.22. The van der Waals surface area contributed by atoms with Crippen molar-refractivity contribution in [3.05, 3.63) is 18.2 Å². The molecule has 0 N–H and O–H groups in total. The summed E-state index contributed by atoms with van der Waals surface area (Å²) in [6, 6.07) is 4.92. The fourth-order valence-corrected chi connectivity index (χ4v) is 3.18. The Morgan fingerprint density at radius 2 is 2.22 bits per heavy atom. The minimum absolute atomic E-state index is 0.0348. The van der Waals surface area contributed by atoms with Crippen LogP contribution < -0.4 is 0 Å². The molecule has 6 heteroatoms. The summed E-state index contributed by atoms with van der Waals surface area (Å²) in [4.78, 5) is 9.28. The predicted octanol–water partition coefficient (Wildman–Crippen LogP) is 1.85. The van der Waals surface area contributed by atoms with Crippen molar-refractivity contribution in [1.82, 2.24) is 19.4 Å². The van der Waals surface area contributed by atoms with Crippen LogP contribution in [-0.4, -0.2) is 51.6 Å². The van der Waals surface area contributed by atoms with Gasteiger partial charge in [0.05, 0.1) is 24.6 Å². The van der Waals surface area contributed by atoms with Gasteiger partial charge in [-0.3, -0.25) is 9.80 Å². The number of hydrogen-bond donors (Lipinski definition) is 0. The molecular formula is C17H26N6. The lowest BCUT2D eigenvalue weighted by molar-refractivity contribution is 0.0689. The lowest BCUT2D eigenvalue weighted by atomic mass is 10.0. The molecule has 1 fully saturated rings. The molecule has 1 aromatic rings. The summed E-state index contributed by atoms with van der Waals surface area (Å²) in [5, 5.41) is 17.9. The zero-order chi connectivity index (χ0) is 16.7. The largest absolute Gasteiger partial charge is 0.334 e. The lowest BCUT2D eigenvalue weighted by Crippen LogP contribution is -2.52. The van der Waals surface area contributed by atoms with Crippen molar-refractivity contribution >= 4 is 0 Å². The van der Waals surface area contributed by atoms with E-state index in [9.17, 15) is 5.26 Å². The summed E-state index contributed by atoms with van der Waals surface area (Å²) >= 11 is 0. The van der Waals surface area contributed by atoms with Crippen LogP contribution in [0.3, 0.4) is 0 Å². The molecule has 0 amide bonds. The molecule has 6 nitrogen and oxygen atoms in total. The fraction of sp³-hybridized carbons (Fsp3) is 0.706. The Balaban J connectivity index is 1.85. The Hall–Kier alpha value is -1.89. The molecule has 124 valence electrons. The molecular weight excluding hydrogens is 288 g/mol. The molecule has 1 aliphatic heterocycles. The van der Waals surface area contributed by atoms with E-state index in [1.165, 1.54) is 0 Å². The van der Waals surface area contributed by atoms with E-state index >= 15 is 0 Å². The second-order valence-electron chi connectivity index (χ2n) is 6.23. The van der Waals surface area contributed by atoms with Crippen LogP contribution in [0.2, 0.25) is 0 Å². The first-order valence-electron chi connectivity index (χ1n) is 8.40. The molecule has 0 spiro atoms. The van der Waals surface area contributed by atoms with Crippen LogP contribution in [-0.2, 0) is 13.1 Å². The Labute approximate surface area is 138 Å². The summed E-state index contributed by atoms with van der Waals surface area (Å²) in [6.07, 6.45) is 5.04. The highest BCUT2D eigenvalue weighted by Crippen LogP contribution is 2.16.